The van der Waals surface area contributed by atoms with Crippen LogP contribution in [-0.4, -0.2) is 36.4 Å². The van der Waals surface area contributed by atoms with Crippen molar-refractivity contribution in [1.29, 1.82) is 0 Å². The lowest BCUT2D eigenvalue weighted by atomic mass is 10.0. The molecular formula is C13H25N3. The van der Waals surface area contributed by atoms with Crippen molar-refractivity contribution >= 4 is 5.84 Å². The minimum atomic E-state index is 0.633. The lowest BCUT2D eigenvalue weighted by Crippen LogP contribution is -2.38. The summed E-state index contributed by atoms with van der Waals surface area (Å²) in [5.41, 5.74) is 5.86. The minimum Gasteiger partial charge on any atom is -0.387 e. The molecule has 2 rings (SSSR count). The summed E-state index contributed by atoms with van der Waals surface area (Å²) in [6.07, 6.45) is 7.84. The highest BCUT2D eigenvalue weighted by Gasteiger charge is 2.25. The fourth-order valence-corrected chi connectivity index (χ4v) is 2.48. The summed E-state index contributed by atoms with van der Waals surface area (Å²) in [7, 11) is 0. The molecule has 16 heavy (non-hydrogen) atoms. The smallest absolute Gasteiger partial charge is 0.0968 e. The molecule has 0 amide bonds. The van der Waals surface area contributed by atoms with Crippen LogP contribution >= 0.6 is 0 Å². The summed E-state index contributed by atoms with van der Waals surface area (Å²) in [4.78, 5) is 7.07. The number of likely N-dealkylation sites (tertiary alicyclic amines) is 1. The Balaban J connectivity index is 1.61. The Labute approximate surface area is 99.1 Å². The van der Waals surface area contributed by atoms with Gasteiger partial charge in [-0.1, -0.05) is 6.42 Å². The molecule has 92 valence electrons. The van der Waals surface area contributed by atoms with E-state index in [-0.39, 0.29) is 0 Å². The maximum atomic E-state index is 5.86. The van der Waals surface area contributed by atoms with E-state index in [1.807, 2.05) is 0 Å². The van der Waals surface area contributed by atoms with E-state index < -0.39 is 0 Å². The Morgan fingerprint density at radius 2 is 2.12 bits per heavy atom. The van der Waals surface area contributed by atoms with Gasteiger partial charge in [-0.05, 0) is 45.6 Å². The third-order valence-electron chi connectivity index (χ3n) is 3.83. The third kappa shape index (κ3) is 3.48. The molecule has 3 heteroatoms. The van der Waals surface area contributed by atoms with Gasteiger partial charge < -0.3 is 10.6 Å². The average molecular weight is 223 g/mol. The average Bonchev–Trinajstić information content (AvgIpc) is 3.10. The van der Waals surface area contributed by atoms with Crippen LogP contribution in [-0.2, 0) is 0 Å². The fraction of sp³-hybridized carbons (Fsp3) is 0.923. The second-order valence-corrected chi connectivity index (χ2v) is 5.32. The molecule has 1 aliphatic carbocycles. The second kappa shape index (κ2) is 5.67. The standard InChI is InChI=1S/C13H25N3/c1-11-5-2-3-9-16(11)10-4-8-15-13(14)12-6-7-12/h11-12H,2-10H2,1H3,(H2,14,15). The van der Waals surface area contributed by atoms with E-state index in [1.165, 1.54) is 45.2 Å². The molecule has 3 nitrogen and oxygen atoms in total. The van der Waals surface area contributed by atoms with E-state index in [0.717, 1.165) is 24.8 Å². The van der Waals surface area contributed by atoms with Gasteiger partial charge in [-0.2, -0.15) is 0 Å². The molecular weight excluding hydrogens is 198 g/mol. The SMILES string of the molecule is CC1CCCCN1CCCN=C(N)C1CC1. The van der Waals surface area contributed by atoms with Crippen LogP contribution in [0, 0.1) is 5.92 Å². The van der Waals surface area contributed by atoms with E-state index in [4.69, 9.17) is 5.73 Å². The van der Waals surface area contributed by atoms with Gasteiger partial charge in [0.05, 0.1) is 5.84 Å². The second-order valence-electron chi connectivity index (χ2n) is 5.32. The van der Waals surface area contributed by atoms with Crippen molar-refractivity contribution in [2.45, 2.75) is 51.5 Å². The molecule has 1 aliphatic heterocycles. The van der Waals surface area contributed by atoms with Crippen LogP contribution in [0.2, 0.25) is 0 Å². The number of amidine groups is 1. The first-order valence-corrected chi connectivity index (χ1v) is 6.81. The van der Waals surface area contributed by atoms with Crippen molar-refractivity contribution in [2.75, 3.05) is 19.6 Å². The van der Waals surface area contributed by atoms with E-state index in [9.17, 15) is 0 Å². The maximum Gasteiger partial charge on any atom is 0.0968 e. The van der Waals surface area contributed by atoms with Gasteiger partial charge in [-0.3, -0.25) is 4.99 Å². The predicted octanol–water partition coefficient (Wildman–Crippen LogP) is 2.02. The lowest BCUT2D eigenvalue weighted by molar-refractivity contribution is 0.160. The number of piperidine rings is 1. The van der Waals surface area contributed by atoms with Gasteiger partial charge >= 0.3 is 0 Å². The first-order chi connectivity index (χ1) is 7.77. The van der Waals surface area contributed by atoms with Crippen LogP contribution in [0.5, 0.6) is 0 Å². The molecule has 1 unspecified atom stereocenters. The predicted molar refractivity (Wildman–Crippen MR) is 68.7 cm³/mol. The Kier molecular flexibility index (Phi) is 4.22. The summed E-state index contributed by atoms with van der Waals surface area (Å²) in [5.74, 6) is 1.54. The monoisotopic (exact) mass is 223 g/mol. The van der Waals surface area contributed by atoms with Gasteiger partial charge in [0.15, 0.2) is 0 Å². The highest BCUT2D eigenvalue weighted by Crippen LogP contribution is 2.28. The summed E-state index contributed by atoms with van der Waals surface area (Å²) >= 11 is 0. The van der Waals surface area contributed by atoms with Gasteiger partial charge in [0.2, 0.25) is 0 Å². The quantitative estimate of drug-likeness (QED) is 0.440. The summed E-state index contributed by atoms with van der Waals surface area (Å²) < 4.78 is 0. The molecule has 1 atom stereocenters. The van der Waals surface area contributed by atoms with Gasteiger partial charge in [0.25, 0.3) is 0 Å². The summed E-state index contributed by atoms with van der Waals surface area (Å²) in [6, 6.07) is 0.776. The Morgan fingerprint density at radius 3 is 2.81 bits per heavy atom. The normalized spacial score (nSPS) is 28.3. The zero-order valence-corrected chi connectivity index (χ0v) is 10.5. The van der Waals surface area contributed by atoms with E-state index in [0.29, 0.717) is 5.92 Å². The summed E-state index contributed by atoms with van der Waals surface area (Å²) in [6.45, 7) is 5.75. The van der Waals surface area contributed by atoms with Gasteiger partial charge in [0, 0.05) is 25.0 Å². The zero-order chi connectivity index (χ0) is 11.4. The Morgan fingerprint density at radius 1 is 1.31 bits per heavy atom. The van der Waals surface area contributed by atoms with E-state index in [1.54, 1.807) is 0 Å². The molecule has 0 aromatic rings. The Bertz CT molecular complexity index is 246. The van der Waals surface area contributed by atoms with E-state index in [2.05, 4.69) is 16.8 Å². The van der Waals surface area contributed by atoms with Crippen LogP contribution in [0.4, 0.5) is 0 Å². The summed E-state index contributed by atoms with van der Waals surface area (Å²) in [5, 5.41) is 0. The zero-order valence-electron chi connectivity index (χ0n) is 10.5. The van der Waals surface area contributed by atoms with Crippen molar-refractivity contribution in [3.63, 3.8) is 0 Å². The van der Waals surface area contributed by atoms with Crippen molar-refractivity contribution < 1.29 is 0 Å². The van der Waals surface area contributed by atoms with Crippen molar-refractivity contribution in [3.05, 3.63) is 0 Å². The Hall–Kier alpha value is -0.570. The highest BCUT2D eigenvalue weighted by molar-refractivity contribution is 5.84. The highest BCUT2D eigenvalue weighted by atomic mass is 15.2. The largest absolute Gasteiger partial charge is 0.387 e. The van der Waals surface area contributed by atoms with Crippen LogP contribution in [0.25, 0.3) is 0 Å². The number of rotatable bonds is 5. The molecule has 2 aliphatic rings. The first kappa shape index (κ1) is 11.9. The molecule has 0 aromatic heterocycles. The molecule has 0 aromatic carbocycles. The third-order valence-corrected chi connectivity index (χ3v) is 3.83. The molecule has 0 spiro atoms. The molecule has 0 radical (unpaired) electrons. The van der Waals surface area contributed by atoms with Crippen molar-refractivity contribution in [1.82, 2.24) is 4.90 Å². The van der Waals surface area contributed by atoms with Crippen LogP contribution in [0.3, 0.4) is 0 Å². The molecule has 1 heterocycles. The molecule has 2 N–H and O–H groups in total. The van der Waals surface area contributed by atoms with Crippen LogP contribution < -0.4 is 5.73 Å². The number of hydrogen-bond donors (Lipinski definition) is 1. The first-order valence-electron chi connectivity index (χ1n) is 6.81. The van der Waals surface area contributed by atoms with Crippen LogP contribution in [0.1, 0.15) is 45.4 Å². The molecule has 2 fully saturated rings. The number of aliphatic imine (C=N–C) groups is 1. The number of hydrogen-bond acceptors (Lipinski definition) is 2. The van der Waals surface area contributed by atoms with Gasteiger partial charge in [0.1, 0.15) is 0 Å². The lowest BCUT2D eigenvalue weighted by Gasteiger charge is -2.33. The maximum absolute atomic E-state index is 5.86. The van der Waals surface area contributed by atoms with E-state index >= 15 is 0 Å². The molecule has 1 saturated heterocycles. The topological polar surface area (TPSA) is 41.6 Å². The minimum absolute atomic E-state index is 0.633. The molecule has 1 saturated carbocycles. The number of nitrogens with two attached hydrogens (primary N) is 1. The van der Waals surface area contributed by atoms with Crippen molar-refractivity contribution in [2.24, 2.45) is 16.6 Å². The fourth-order valence-electron chi connectivity index (χ4n) is 2.48. The van der Waals surface area contributed by atoms with Gasteiger partial charge in [-0.25, -0.2) is 0 Å². The van der Waals surface area contributed by atoms with Crippen LogP contribution in [0.15, 0.2) is 4.99 Å². The number of nitrogens with zero attached hydrogens (tertiary/aromatic N) is 2. The van der Waals surface area contributed by atoms with Crippen molar-refractivity contribution in [3.8, 4) is 0 Å². The molecule has 0 bridgehead atoms. The van der Waals surface area contributed by atoms with Gasteiger partial charge in [-0.15, -0.1) is 0 Å².